The van der Waals surface area contributed by atoms with E-state index in [9.17, 15) is 9.59 Å². The van der Waals surface area contributed by atoms with Gasteiger partial charge in [0.05, 0.1) is 6.61 Å². The molecule has 1 unspecified atom stereocenters. The molecule has 0 radical (unpaired) electrons. The molecule has 2 heterocycles. The van der Waals surface area contributed by atoms with Gasteiger partial charge < -0.3 is 15.0 Å². The second kappa shape index (κ2) is 8.45. The fourth-order valence-electron chi connectivity index (χ4n) is 3.57. The van der Waals surface area contributed by atoms with Crippen LogP contribution in [0.15, 0.2) is 30.3 Å². The van der Waals surface area contributed by atoms with Crippen LogP contribution >= 0.6 is 0 Å². The minimum Gasteiger partial charge on any atom is -0.366 e. The molecule has 0 aliphatic carbocycles. The van der Waals surface area contributed by atoms with E-state index in [4.69, 9.17) is 4.74 Å². The van der Waals surface area contributed by atoms with Crippen molar-refractivity contribution in [2.24, 2.45) is 0 Å². The fourth-order valence-corrected chi connectivity index (χ4v) is 3.57. The molecule has 0 saturated carbocycles. The van der Waals surface area contributed by atoms with Crippen LogP contribution in [0.25, 0.3) is 0 Å². The zero-order valence-electron chi connectivity index (χ0n) is 14.8. The number of likely N-dealkylation sites (tertiary alicyclic amines) is 1. The Morgan fingerprint density at radius 3 is 2.56 bits per heavy atom. The number of hydrogen-bond acceptors (Lipinski definition) is 4. The molecule has 3 rings (SSSR count). The lowest BCUT2D eigenvalue weighted by Gasteiger charge is -2.37. The molecule has 2 aliphatic heterocycles. The number of hydrogen-bond donors (Lipinski definition) is 1. The molecule has 0 spiro atoms. The van der Waals surface area contributed by atoms with Crippen LogP contribution < -0.4 is 5.32 Å². The van der Waals surface area contributed by atoms with Gasteiger partial charge in [0.25, 0.3) is 5.91 Å². The summed E-state index contributed by atoms with van der Waals surface area (Å²) >= 11 is 0. The third kappa shape index (κ3) is 5.03. The summed E-state index contributed by atoms with van der Waals surface area (Å²) in [6, 6.07) is 10.5. The Morgan fingerprint density at radius 2 is 1.88 bits per heavy atom. The highest BCUT2D eigenvalue weighted by molar-refractivity contribution is 5.81. The molecule has 1 aromatic rings. The number of amides is 2. The summed E-state index contributed by atoms with van der Waals surface area (Å²) in [4.78, 5) is 28.1. The predicted octanol–water partition coefficient (Wildman–Crippen LogP) is 1.01. The average molecular weight is 345 g/mol. The van der Waals surface area contributed by atoms with E-state index in [-0.39, 0.29) is 24.0 Å². The van der Waals surface area contributed by atoms with Gasteiger partial charge in [-0.05, 0) is 18.4 Å². The average Bonchev–Trinajstić information content (AvgIpc) is 2.62. The second-order valence-corrected chi connectivity index (χ2v) is 6.88. The van der Waals surface area contributed by atoms with E-state index in [1.165, 1.54) is 12.5 Å². The van der Waals surface area contributed by atoms with Crippen molar-refractivity contribution >= 4 is 11.8 Å². The predicted molar refractivity (Wildman–Crippen MR) is 94.9 cm³/mol. The number of nitrogens with zero attached hydrogens (tertiary/aromatic N) is 2. The monoisotopic (exact) mass is 345 g/mol. The van der Waals surface area contributed by atoms with Gasteiger partial charge in [-0.3, -0.25) is 14.5 Å². The smallest absolute Gasteiger partial charge is 0.253 e. The summed E-state index contributed by atoms with van der Waals surface area (Å²) in [6.07, 6.45) is 1.24. The van der Waals surface area contributed by atoms with Crippen molar-refractivity contribution in [1.29, 1.82) is 0 Å². The molecule has 0 aromatic heterocycles. The maximum atomic E-state index is 12.8. The topological polar surface area (TPSA) is 61.9 Å². The largest absolute Gasteiger partial charge is 0.366 e. The molecule has 25 heavy (non-hydrogen) atoms. The molecule has 1 N–H and O–H groups in total. The second-order valence-electron chi connectivity index (χ2n) is 6.88. The van der Waals surface area contributed by atoms with Crippen LogP contribution in [0.3, 0.4) is 0 Å². The quantitative estimate of drug-likeness (QED) is 0.885. The molecular formula is C19H27N3O3. The first-order valence-electron chi connectivity index (χ1n) is 9.05. The maximum absolute atomic E-state index is 12.8. The summed E-state index contributed by atoms with van der Waals surface area (Å²) in [5.74, 6) is 0.0796. The van der Waals surface area contributed by atoms with E-state index in [2.05, 4.69) is 22.3 Å². The first-order chi connectivity index (χ1) is 12.1. The van der Waals surface area contributed by atoms with Gasteiger partial charge in [0.2, 0.25) is 5.91 Å². The lowest BCUT2D eigenvalue weighted by atomic mass is 10.0. The van der Waals surface area contributed by atoms with Crippen molar-refractivity contribution in [1.82, 2.24) is 15.1 Å². The third-order valence-corrected chi connectivity index (χ3v) is 4.89. The third-order valence-electron chi connectivity index (χ3n) is 4.89. The molecule has 2 saturated heterocycles. The zero-order valence-corrected chi connectivity index (χ0v) is 14.8. The molecular weight excluding hydrogens is 318 g/mol. The van der Waals surface area contributed by atoms with Crippen LogP contribution in [0, 0.1) is 0 Å². The Kier molecular flexibility index (Phi) is 6.04. The van der Waals surface area contributed by atoms with Crippen molar-refractivity contribution in [2.75, 3.05) is 32.8 Å². The van der Waals surface area contributed by atoms with Crippen molar-refractivity contribution in [3.8, 4) is 0 Å². The number of nitrogens with one attached hydrogen (secondary N) is 1. The molecule has 2 aliphatic rings. The van der Waals surface area contributed by atoms with Gasteiger partial charge in [0.15, 0.2) is 0 Å². The minimum absolute atomic E-state index is 0.00283. The van der Waals surface area contributed by atoms with Crippen LogP contribution in [-0.4, -0.2) is 66.5 Å². The lowest BCUT2D eigenvalue weighted by molar-refractivity contribution is -0.150. The Balaban J connectivity index is 1.49. The number of benzene rings is 1. The highest BCUT2D eigenvalue weighted by Gasteiger charge is 2.32. The SMILES string of the molecule is CC(=O)NC1CCN(C(=O)C2CN(Cc3ccccc3)CCO2)CC1. The van der Waals surface area contributed by atoms with Gasteiger partial charge in [-0.25, -0.2) is 0 Å². The van der Waals surface area contributed by atoms with Crippen LogP contribution in [0.5, 0.6) is 0 Å². The fraction of sp³-hybridized carbons (Fsp3) is 0.579. The summed E-state index contributed by atoms with van der Waals surface area (Å²) in [6.45, 7) is 5.83. The number of rotatable bonds is 4. The highest BCUT2D eigenvalue weighted by Crippen LogP contribution is 2.16. The number of piperidine rings is 1. The van der Waals surface area contributed by atoms with E-state index in [0.29, 0.717) is 26.2 Å². The molecule has 136 valence electrons. The van der Waals surface area contributed by atoms with Gasteiger partial charge in [-0.2, -0.15) is 0 Å². The first-order valence-corrected chi connectivity index (χ1v) is 9.05. The summed E-state index contributed by atoms with van der Waals surface area (Å²) in [5.41, 5.74) is 1.26. The molecule has 1 atom stereocenters. The normalized spacial score (nSPS) is 22.6. The summed E-state index contributed by atoms with van der Waals surface area (Å²) in [5, 5.41) is 2.94. The molecule has 6 heteroatoms. The van der Waals surface area contributed by atoms with Crippen LogP contribution in [0.2, 0.25) is 0 Å². The van der Waals surface area contributed by atoms with Crippen molar-refractivity contribution < 1.29 is 14.3 Å². The standard InChI is InChI=1S/C19H27N3O3/c1-15(23)20-17-7-9-22(10-8-17)19(24)18-14-21(11-12-25-18)13-16-5-3-2-4-6-16/h2-6,17-18H,7-14H2,1H3,(H,20,23). The van der Waals surface area contributed by atoms with Gasteiger partial charge >= 0.3 is 0 Å². The van der Waals surface area contributed by atoms with Crippen LogP contribution in [0.1, 0.15) is 25.3 Å². The molecule has 1 aromatic carbocycles. The number of morpholine rings is 1. The first kappa shape index (κ1) is 17.9. The molecule has 2 amide bonds. The van der Waals surface area contributed by atoms with E-state index in [1.807, 2.05) is 23.1 Å². The zero-order chi connectivity index (χ0) is 17.6. The summed E-state index contributed by atoms with van der Waals surface area (Å²) in [7, 11) is 0. The Bertz CT molecular complexity index is 585. The minimum atomic E-state index is -0.380. The summed E-state index contributed by atoms with van der Waals surface area (Å²) < 4.78 is 5.75. The van der Waals surface area contributed by atoms with Gasteiger partial charge in [0.1, 0.15) is 6.10 Å². The van der Waals surface area contributed by atoms with Crippen LogP contribution in [-0.2, 0) is 20.9 Å². The van der Waals surface area contributed by atoms with Crippen molar-refractivity contribution in [3.63, 3.8) is 0 Å². The van der Waals surface area contributed by atoms with E-state index >= 15 is 0 Å². The van der Waals surface area contributed by atoms with Gasteiger partial charge in [0, 0.05) is 45.7 Å². The van der Waals surface area contributed by atoms with Gasteiger partial charge in [-0.15, -0.1) is 0 Å². The van der Waals surface area contributed by atoms with E-state index in [1.54, 1.807) is 0 Å². The Morgan fingerprint density at radius 1 is 1.16 bits per heavy atom. The number of ether oxygens (including phenoxy) is 1. The van der Waals surface area contributed by atoms with E-state index < -0.39 is 0 Å². The molecule has 0 bridgehead atoms. The Hall–Kier alpha value is -1.92. The highest BCUT2D eigenvalue weighted by atomic mass is 16.5. The molecule has 2 fully saturated rings. The molecule has 6 nitrogen and oxygen atoms in total. The van der Waals surface area contributed by atoms with E-state index in [0.717, 1.165) is 25.9 Å². The van der Waals surface area contributed by atoms with Crippen molar-refractivity contribution in [3.05, 3.63) is 35.9 Å². The van der Waals surface area contributed by atoms with Crippen molar-refractivity contribution in [2.45, 2.75) is 38.5 Å². The Labute approximate surface area is 149 Å². The lowest BCUT2D eigenvalue weighted by Crippen LogP contribution is -2.53. The van der Waals surface area contributed by atoms with Crippen LogP contribution in [0.4, 0.5) is 0 Å². The van der Waals surface area contributed by atoms with Gasteiger partial charge in [-0.1, -0.05) is 30.3 Å². The number of carbonyl (C=O) groups is 2. The maximum Gasteiger partial charge on any atom is 0.253 e. The number of carbonyl (C=O) groups excluding carboxylic acids is 2.